The fourth-order valence-electron chi connectivity index (χ4n) is 1.59. The van der Waals surface area contributed by atoms with Crippen molar-refractivity contribution in [3.05, 3.63) is 36.8 Å². The number of carboxylic acids is 1. The molecule has 1 unspecified atom stereocenters. The predicted molar refractivity (Wildman–Crippen MR) is 74.7 cm³/mol. The van der Waals surface area contributed by atoms with Crippen molar-refractivity contribution in [2.75, 3.05) is 6.54 Å². The van der Waals surface area contributed by atoms with Crippen LogP contribution < -0.4 is 10.6 Å². The molecule has 0 radical (unpaired) electrons. The zero-order valence-corrected chi connectivity index (χ0v) is 11.5. The van der Waals surface area contributed by atoms with E-state index in [4.69, 9.17) is 9.52 Å². The molecule has 3 N–H and O–H groups in total. The van der Waals surface area contributed by atoms with E-state index in [1.807, 2.05) is 0 Å². The van der Waals surface area contributed by atoms with Gasteiger partial charge in [-0.05, 0) is 25.0 Å². The highest BCUT2D eigenvalue weighted by Gasteiger charge is 2.18. The normalized spacial score (nSPS) is 11.4. The highest BCUT2D eigenvalue weighted by molar-refractivity contribution is 5.91. The van der Waals surface area contributed by atoms with Gasteiger partial charge in [-0.15, -0.1) is 6.58 Å². The first-order chi connectivity index (χ1) is 10.0. The number of rotatable bonds is 9. The van der Waals surface area contributed by atoms with Crippen LogP contribution in [-0.2, 0) is 9.59 Å². The average molecular weight is 294 g/mol. The molecule has 2 amide bonds. The molecule has 7 nitrogen and oxygen atoms in total. The lowest BCUT2D eigenvalue weighted by molar-refractivity contribution is -0.142. The summed E-state index contributed by atoms with van der Waals surface area (Å²) in [6.07, 6.45) is 3.73. The first-order valence-electron chi connectivity index (χ1n) is 6.49. The van der Waals surface area contributed by atoms with E-state index in [1.165, 1.54) is 12.3 Å². The third kappa shape index (κ3) is 5.94. The van der Waals surface area contributed by atoms with Gasteiger partial charge in [-0.25, -0.2) is 4.79 Å². The van der Waals surface area contributed by atoms with Crippen molar-refractivity contribution in [2.24, 2.45) is 0 Å². The van der Waals surface area contributed by atoms with E-state index < -0.39 is 23.8 Å². The third-order valence-electron chi connectivity index (χ3n) is 2.68. The highest BCUT2D eigenvalue weighted by Crippen LogP contribution is 2.00. The van der Waals surface area contributed by atoms with E-state index >= 15 is 0 Å². The molecule has 21 heavy (non-hydrogen) atoms. The zero-order valence-electron chi connectivity index (χ0n) is 11.5. The minimum atomic E-state index is -1.09. The molecule has 0 aromatic carbocycles. The minimum Gasteiger partial charge on any atom is -0.480 e. The highest BCUT2D eigenvalue weighted by atomic mass is 16.4. The minimum absolute atomic E-state index is 0.00961. The SMILES string of the molecule is C=CCCC(NC(=O)CCNC(=O)c1ccco1)C(=O)O. The summed E-state index contributed by atoms with van der Waals surface area (Å²) in [4.78, 5) is 34.1. The Hall–Kier alpha value is -2.57. The summed E-state index contributed by atoms with van der Waals surface area (Å²) < 4.78 is 4.89. The Balaban J connectivity index is 2.30. The summed E-state index contributed by atoms with van der Waals surface area (Å²) in [5.41, 5.74) is 0. The molecule has 0 saturated carbocycles. The Morgan fingerprint density at radius 2 is 2.19 bits per heavy atom. The van der Waals surface area contributed by atoms with E-state index in [1.54, 1.807) is 12.1 Å². The summed E-state index contributed by atoms with van der Waals surface area (Å²) in [5, 5.41) is 13.9. The number of aliphatic carboxylic acids is 1. The second-order valence-electron chi connectivity index (χ2n) is 4.31. The molecule has 0 spiro atoms. The van der Waals surface area contributed by atoms with Crippen LogP contribution >= 0.6 is 0 Å². The van der Waals surface area contributed by atoms with Gasteiger partial charge in [0.15, 0.2) is 5.76 Å². The van der Waals surface area contributed by atoms with Gasteiger partial charge in [0, 0.05) is 13.0 Å². The fourth-order valence-corrected chi connectivity index (χ4v) is 1.59. The first-order valence-corrected chi connectivity index (χ1v) is 6.49. The van der Waals surface area contributed by atoms with Crippen LogP contribution in [0.15, 0.2) is 35.5 Å². The lowest BCUT2D eigenvalue weighted by Gasteiger charge is -2.13. The van der Waals surface area contributed by atoms with Gasteiger partial charge in [-0.3, -0.25) is 9.59 Å². The number of carboxylic acid groups (broad SMARTS) is 1. The van der Waals surface area contributed by atoms with Crippen LogP contribution in [-0.4, -0.2) is 35.5 Å². The predicted octanol–water partition coefficient (Wildman–Crippen LogP) is 0.935. The number of allylic oxidation sites excluding steroid dienone is 1. The number of hydrogen-bond acceptors (Lipinski definition) is 4. The van der Waals surface area contributed by atoms with Crippen molar-refractivity contribution in [3.63, 3.8) is 0 Å². The van der Waals surface area contributed by atoms with Gasteiger partial charge >= 0.3 is 5.97 Å². The van der Waals surface area contributed by atoms with E-state index in [9.17, 15) is 14.4 Å². The fraction of sp³-hybridized carbons (Fsp3) is 0.357. The van der Waals surface area contributed by atoms with Crippen LogP contribution in [0.5, 0.6) is 0 Å². The van der Waals surface area contributed by atoms with Gasteiger partial charge < -0.3 is 20.2 Å². The summed E-state index contributed by atoms with van der Waals surface area (Å²) in [6.45, 7) is 3.60. The average Bonchev–Trinajstić information content (AvgIpc) is 2.97. The van der Waals surface area contributed by atoms with Crippen LogP contribution in [0.25, 0.3) is 0 Å². The van der Waals surface area contributed by atoms with Gasteiger partial charge in [0.25, 0.3) is 5.91 Å². The Morgan fingerprint density at radius 1 is 1.43 bits per heavy atom. The van der Waals surface area contributed by atoms with Crippen LogP contribution in [0.1, 0.15) is 29.8 Å². The molecule has 1 aromatic heterocycles. The summed E-state index contributed by atoms with van der Waals surface area (Å²) in [7, 11) is 0. The second kappa shape index (κ2) is 8.57. The maximum atomic E-state index is 11.6. The van der Waals surface area contributed by atoms with Crippen LogP contribution in [0, 0.1) is 0 Å². The molecule has 0 fully saturated rings. The van der Waals surface area contributed by atoms with Gasteiger partial charge in [0.2, 0.25) is 5.91 Å². The molecular weight excluding hydrogens is 276 g/mol. The standard InChI is InChI=1S/C14H18N2O5/c1-2-3-5-10(14(19)20)16-12(17)7-8-15-13(18)11-6-4-9-21-11/h2,4,6,9-10H,1,3,5,7-8H2,(H,15,18)(H,16,17)(H,19,20). The smallest absolute Gasteiger partial charge is 0.326 e. The molecule has 0 bridgehead atoms. The third-order valence-corrected chi connectivity index (χ3v) is 2.68. The molecular formula is C14H18N2O5. The van der Waals surface area contributed by atoms with Crippen molar-refractivity contribution in [2.45, 2.75) is 25.3 Å². The molecule has 1 aromatic rings. The van der Waals surface area contributed by atoms with Gasteiger partial charge in [-0.1, -0.05) is 6.08 Å². The molecule has 1 rings (SSSR count). The number of furan rings is 1. The maximum absolute atomic E-state index is 11.6. The first kappa shape index (κ1) is 16.5. The van der Waals surface area contributed by atoms with Crippen LogP contribution in [0.2, 0.25) is 0 Å². The summed E-state index contributed by atoms with van der Waals surface area (Å²) in [5.74, 6) is -1.80. The summed E-state index contributed by atoms with van der Waals surface area (Å²) in [6, 6.07) is 2.14. The molecule has 7 heteroatoms. The number of carbonyl (C=O) groups is 3. The van der Waals surface area contributed by atoms with Gasteiger partial charge in [-0.2, -0.15) is 0 Å². The topological polar surface area (TPSA) is 109 Å². The second-order valence-corrected chi connectivity index (χ2v) is 4.31. The van der Waals surface area contributed by atoms with Gasteiger partial charge in [0.1, 0.15) is 6.04 Å². The van der Waals surface area contributed by atoms with E-state index in [0.29, 0.717) is 6.42 Å². The van der Waals surface area contributed by atoms with Crippen molar-refractivity contribution in [3.8, 4) is 0 Å². The molecule has 1 heterocycles. The maximum Gasteiger partial charge on any atom is 0.326 e. The number of carbonyl (C=O) groups excluding carboxylic acids is 2. The Kier molecular flexibility index (Phi) is 6.73. The van der Waals surface area contributed by atoms with Crippen molar-refractivity contribution in [1.82, 2.24) is 10.6 Å². The lowest BCUT2D eigenvalue weighted by atomic mass is 10.1. The Morgan fingerprint density at radius 3 is 2.76 bits per heavy atom. The Bertz CT molecular complexity index is 495. The largest absolute Gasteiger partial charge is 0.480 e. The zero-order chi connectivity index (χ0) is 15.7. The molecule has 0 saturated heterocycles. The monoisotopic (exact) mass is 294 g/mol. The van der Waals surface area contributed by atoms with Crippen molar-refractivity contribution < 1.29 is 23.9 Å². The molecule has 1 atom stereocenters. The molecule has 0 aliphatic rings. The quantitative estimate of drug-likeness (QED) is 0.587. The number of amides is 2. The van der Waals surface area contributed by atoms with Crippen molar-refractivity contribution in [1.29, 1.82) is 0 Å². The number of nitrogens with one attached hydrogen (secondary N) is 2. The van der Waals surface area contributed by atoms with Crippen LogP contribution in [0.4, 0.5) is 0 Å². The lowest BCUT2D eigenvalue weighted by Crippen LogP contribution is -2.41. The Labute approximate surface area is 122 Å². The van der Waals surface area contributed by atoms with Crippen LogP contribution in [0.3, 0.4) is 0 Å². The van der Waals surface area contributed by atoms with Gasteiger partial charge in [0.05, 0.1) is 6.26 Å². The molecule has 0 aliphatic heterocycles. The molecule has 0 aliphatic carbocycles. The van der Waals surface area contributed by atoms with E-state index in [2.05, 4.69) is 17.2 Å². The summed E-state index contributed by atoms with van der Waals surface area (Å²) >= 11 is 0. The number of hydrogen-bond donors (Lipinski definition) is 3. The van der Waals surface area contributed by atoms with E-state index in [0.717, 1.165) is 0 Å². The molecule has 114 valence electrons. The van der Waals surface area contributed by atoms with Crippen molar-refractivity contribution >= 4 is 17.8 Å². The van der Waals surface area contributed by atoms with E-state index in [-0.39, 0.29) is 25.1 Å².